The average molecular weight is 264 g/mol. The number of thioether (sulfide) groups is 1. The van der Waals surface area contributed by atoms with Crippen molar-refractivity contribution in [2.24, 2.45) is 0 Å². The van der Waals surface area contributed by atoms with Crippen LogP contribution < -0.4 is 5.32 Å². The maximum absolute atomic E-state index is 13.6. The molecule has 1 fully saturated rings. The number of hydrogen-bond acceptors (Lipinski definition) is 3. The molecule has 0 radical (unpaired) electrons. The number of benzene rings is 1. The van der Waals surface area contributed by atoms with Crippen molar-refractivity contribution in [3.63, 3.8) is 0 Å². The molecule has 1 aliphatic rings. The summed E-state index contributed by atoms with van der Waals surface area (Å²) in [5.74, 6) is 0.264. The molecule has 18 heavy (non-hydrogen) atoms. The molecule has 1 aliphatic heterocycles. The van der Waals surface area contributed by atoms with Crippen LogP contribution >= 0.6 is 11.8 Å². The monoisotopic (exact) mass is 264 g/mol. The number of rotatable bonds is 2. The molecule has 1 heterocycles. The summed E-state index contributed by atoms with van der Waals surface area (Å²) in [6, 6.07) is 5.91. The van der Waals surface area contributed by atoms with Crippen LogP contribution in [0.1, 0.15) is 24.8 Å². The molecule has 94 valence electrons. The summed E-state index contributed by atoms with van der Waals surface area (Å²) in [4.78, 5) is 11.9. The lowest BCUT2D eigenvalue weighted by atomic mass is 10.1. The summed E-state index contributed by atoms with van der Waals surface area (Å²) < 4.78 is 13.6. The minimum atomic E-state index is -0.566. The molecule has 1 amide bonds. The first kappa shape index (κ1) is 12.9. The van der Waals surface area contributed by atoms with Crippen molar-refractivity contribution in [2.75, 3.05) is 11.1 Å². The lowest BCUT2D eigenvalue weighted by Gasteiger charge is -2.20. The van der Waals surface area contributed by atoms with Gasteiger partial charge in [0.15, 0.2) is 0 Å². The highest BCUT2D eigenvalue weighted by atomic mass is 32.2. The molecule has 1 unspecified atom stereocenters. The van der Waals surface area contributed by atoms with Crippen LogP contribution in [-0.4, -0.2) is 16.9 Å². The van der Waals surface area contributed by atoms with Gasteiger partial charge >= 0.3 is 0 Å². The van der Waals surface area contributed by atoms with E-state index >= 15 is 0 Å². The number of carbonyl (C=O) groups excluding carboxylic acids is 1. The van der Waals surface area contributed by atoms with Crippen molar-refractivity contribution >= 4 is 23.4 Å². The molecular weight excluding hydrogens is 251 g/mol. The summed E-state index contributed by atoms with van der Waals surface area (Å²) >= 11 is 1.62. The fraction of sp³-hybridized carbons (Fsp3) is 0.385. The minimum Gasteiger partial charge on any atom is -0.323 e. The molecule has 1 atom stereocenters. The van der Waals surface area contributed by atoms with Gasteiger partial charge in [-0.25, -0.2) is 4.39 Å². The van der Waals surface area contributed by atoms with Gasteiger partial charge in [0.1, 0.15) is 5.82 Å². The molecule has 0 bridgehead atoms. The van der Waals surface area contributed by atoms with Crippen molar-refractivity contribution in [2.45, 2.75) is 24.5 Å². The van der Waals surface area contributed by atoms with Gasteiger partial charge in [0.05, 0.1) is 22.6 Å². The molecule has 0 saturated carbocycles. The van der Waals surface area contributed by atoms with E-state index in [1.807, 2.05) is 6.07 Å². The average Bonchev–Trinajstić information content (AvgIpc) is 2.42. The van der Waals surface area contributed by atoms with Crippen LogP contribution in [-0.2, 0) is 4.79 Å². The molecule has 5 heteroatoms. The number of amides is 1. The summed E-state index contributed by atoms with van der Waals surface area (Å²) in [6.07, 6.45) is 3.02. The lowest BCUT2D eigenvalue weighted by Crippen LogP contribution is -2.27. The zero-order chi connectivity index (χ0) is 13.0. The Labute approximate surface area is 109 Å². The van der Waals surface area contributed by atoms with E-state index in [1.54, 1.807) is 11.8 Å². The van der Waals surface area contributed by atoms with Crippen molar-refractivity contribution in [1.82, 2.24) is 0 Å². The number of anilines is 1. The second kappa shape index (κ2) is 5.87. The normalized spacial score (nSPS) is 19.0. The lowest BCUT2D eigenvalue weighted by molar-refractivity contribution is -0.115. The number of nitrogens with one attached hydrogen (secondary N) is 1. The molecule has 2 rings (SSSR count). The van der Waals surface area contributed by atoms with Gasteiger partial charge in [0.25, 0.3) is 0 Å². The summed E-state index contributed by atoms with van der Waals surface area (Å²) in [7, 11) is 0. The minimum absolute atomic E-state index is 0.0891. The second-order valence-electron chi connectivity index (χ2n) is 4.15. The molecule has 1 aromatic carbocycles. The van der Waals surface area contributed by atoms with Gasteiger partial charge in [-0.05, 0) is 36.8 Å². The smallest absolute Gasteiger partial charge is 0.237 e. The Kier molecular flexibility index (Phi) is 4.21. The van der Waals surface area contributed by atoms with Crippen molar-refractivity contribution in [1.29, 1.82) is 5.26 Å². The first-order valence-corrected chi connectivity index (χ1v) is 6.87. The molecule has 0 aromatic heterocycles. The summed E-state index contributed by atoms with van der Waals surface area (Å²) in [5.41, 5.74) is 0.391. The highest BCUT2D eigenvalue weighted by Crippen LogP contribution is 2.26. The number of halogens is 1. The van der Waals surface area contributed by atoms with E-state index in [-0.39, 0.29) is 22.4 Å². The molecule has 1 aromatic rings. The van der Waals surface area contributed by atoms with E-state index in [0.29, 0.717) is 0 Å². The van der Waals surface area contributed by atoms with Crippen molar-refractivity contribution < 1.29 is 9.18 Å². The fourth-order valence-electron chi connectivity index (χ4n) is 1.85. The third kappa shape index (κ3) is 3.02. The van der Waals surface area contributed by atoms with Gasteiger partial charge in [0, 0.05) is 0 Å². The Hall–Kier alpha value is -1.54. The Morgan fingerprint density at radius 2 is 2.33 bits per heavy atom. The maximum atomic E-state index is 13.6. The second-order valence-corrected chi connectivity index (χ2v) is 5.46. The van der Waals surface area contributed by atoms with Crippen LogP contribution in [0.2, 0.25) is 0 Å². The highest BCUT2D eigenvalue weighted by molar-refractivity contribution is 8.00. The van der Waals surface area contributed by atoms with Gasteiger partial charge in [-0.3, -0.25) is 4.79 Å². The maximum Gasteiger partial charge on any atom is 0.237 e. The first-order valence-electron chi connectivity index (χ1n) is 5.83. The molecule has 0 aliphatic carbocycles. The molecule has 3 nitrogen and oxygen atoms in total. The van der Waals surface area contributed by atoms with Gasteiger partial charge in [0.2, 0.25) is 5.91 Å². The van der Waals surface area contributed by atoms with E-state index in [4.69, 9.17) is 5.26 Å². The highest BCUT2D eigenvalue weighted by Gasteiger charge is 2.22. The standard InChI is InChI=1S/C13H13FN2OS/c14-10-7-9(8-15)4-5-11(10)16-13(17)12-3-1-2-6-18-12/h4-5,7,12H,1-3,6H2,(H,16,17). The van der Waals surface area contributed by atoms with Gasteiger partial charge in [-0.15, -0.1) is 11.8 Å². The summed E-state index contributed by atoms with van der Waals surface area (Å²) in [6.45, 7) is 0. The van der Waals surface area contributed by atoms with Gasteiger partial charge in [-0.1, -0.05) is 6.42 Å². The topological polar surface area (TPSA) is 52.9 Å². The van der Waals surface area contributed by atoms with Crippen LogP contribution in [0.25, 0.3) is 0 Å². The Bertz CT molecular complexity index is 492. The number of hydrogen-bond donors (Lipinski definition) is 1. The van der Waals surface area contributed by atoms with E-state index in [0.717, 1.165) is 31.1 Å². The number of nitrogens with zero attached hydrogens (tertiary/aromatic N) is 1. The van der Waals surface area contributed by atoms with Crippen LogP contribution in [0.5, 0.6) is 0 Å². The predicted molar refractivity (Wildman–Crippen MR) is 69.8 cm³/mol. The van der Waals surface area contributed by atoms with Crippen molar-refractivity contribution in [3.8, 4) is 6.07 Å². The van der Waals surface area contributed by atoms with Gasteiger partial charge < -0.3 is 5.32 Å². The fourth-order valence-corrected chi connectivity index (χ4v) is 3.05. The predicted octanol–water partition coefficient (Wildman–Crippen LogP) is 2.92. The van der Waals surface area contributed by atoms with Crippen LogP contribution in [0, 0.1) is 17.1 Å². The Morgan fingerprint density at radius 3 is 2.94 bits per heavy atom. The molecule has 0 spiro atoms. The third-order valence-electron chi connectivity index (χ3n) is 2.83. The summed E-state index contributed by atoms with van der Waals surface area (Å²) in [5, 5.41) is 11.1. The van der Waals surface area contributed by atoms with Crippen LogP contribution in [0.4, 0.5) is 10.1 Å². The molecule has 1 N–H and O–H groups in total. The van der Waals surface area contributed by atoms with E-state index in [2.05, 4.69) is 5.32 Å². The largest absolute Gasteiger partial charge is 0.323 e. The zero-order valence-electron chi connectivity index (χ0n) is 9.78. The Morgan fingerprint density at radius 1 is 1.50 bits per heavy atom. The van der Waals surface area contributed by atoms with E-state index in [1.165, 1.54) is 12.1 Å². The van der Waals surface area contributed by atoms with E-state index < -0.39 is 5.82 Å². The Balaban J connectivity index is 2.04. The van der Waals surface area contributed by atoms with Crippen LogP contribution in [0.15, 0.2) is 18.2 Å². The SMILES string of the molecule is N#Cc1ccc(NC(=O)C2CCCCS2)c(F)c1. The number of carbonyl (C=O) groups is 1. The van der Waals surface area contributed by atoms with Crippen molar-refractivity contribution in [3.05, 3.63) is 29.6 Å². The number of nitriles is 1. The molecular formula is C13H13FN2OS. The first-order chi connectivity index (χ1) is 8.70. The zero-order valence-corrected chi connectivity index (χ0v) is 10.6. The quantitative estimate of drug-likeness (QED) is 0.893. The third-order valence-corrected chi connectivity index (χ3v) is 4.20. The van der Waals surface area contributed by atoms with E-state index in [9.17, 15) is 9.18 Å². The molecule has 1 saturated heterocycles. The van der Waals surface area contributed by atoms with Crippen LogP contribution in [0.3, 0.4) is 0 Å². The van der Waals surface area contributed by atoms with Gasteiger partial charge in [-0.2, -0.15) is 5.26 Å².